The number of hydrogen-bond donors (Lipinski definition) is 2. The Kier molecular flexibility index (Phi) is 6.22. The second kappa shape index (κ2) is 7.20. The number of nitrogens with zero attached hydrogens (tertiary/aromatic N) is 1. The smallest absolute Gasteiger partial charge is 0.0121 e. The Labute approximate surface area is 94.2 Å². The standard InChI is InChI=1S/C12H27N3/c1-11-5-2-6-12(11)15(9-3-7-13)10-4-8-14/h11-12H,2-10,13-14H2,1H3. The highest BCUT2D eigenvalue weighted by molar-refractivity contribution is 4.83. The summed E-state index contributed by atoms with van der Waals surface area (Å²) in [5, 5.41) is 0. The lowest BCUT2D eigenvalue weighted by atomic mass is 10.0. The molecule has 0 saturated heterocycles. The first kappa shape index (κ1) is 12.9. The molecule has 1 saturated carbocycles. The van der Waals surface area contributed by atoms with E-state index in [0.717, 1.165) is 51.0 Å². The summed E-state index contributed by atoms with van der Waals surface area (Å²) in [6.07, 6.45) is 6.40. The lowest BCUT2D eigenvalue weighted by molar-refractivity contribution is 0.164. The van der Waals surface area contributed by atoms with Crippen molar-refractivity contribution in [2.45, 2.75) is 45.1 Å². The van der Waals surface area contributed by atoms with Crippen molar-refractivity contribution >= 4 is 0 Å². The van der Waals surface area contributed by atoms with E-state index in [1.54, 1.807) is 0 Å². The van der Waals surface area contributed by atoms with Gasteiger partial charge in [0.25, 0.3) is 0 Å². The Morgan fingerprint density at radius 2 is 1.67 bits per heavy atom. The number of rotatable bonds is 7. The molecule has 0 spiro atoms. The summed E-state index contributed by atoms with van der Waals surface area (Å²) < 4.78 is 0. The number of hydrogen-bond acceptors (Lipinski definition) is 3. The van der Waals surface area contributed by atoms with E-state index in [4.69, 9.17) is 11.5 Å². The molecule has 0 radical (unpaired) electrons. The minimum Gasteiger partial charge on any atom is -0.330 e. The van der Waals surface area contributed by atoms with E-state index in [1.807, 2.05) is 0 Å². The molecular weight excluding hydrogens is 186 g/mol. The van der Waals surface area contributed by atoms with Crippen molar-refractivity contribution in [2.75, 3.05) is 26.2 Å². The van der Waals surface area contributed by atoms with Gasteiger partial charge >= 0.3 is 0 Å². The maximum absolute atomic E-state index is 5.59. The molecule has 1 aliphatic carbocycles. The van der Waals surface area contributed by atoms with Crippen LogP contribution in [0, 0.1) is 5.92 Å². The monoisotopic (exact) mass is 213 g/mol. The van der Waals surface area contributed by atoms with Crippen LogP contribution in [-0.4, -0.2) is 37.1 Å². The minimum absolute atomic E-state index is 0.795. The van der Waals surface area contributed by atoms with E-state index < -0.39 is 0 Å². The molecule has 2 atom stereocenters. The van der Waals surface area contributed by atoms with E-state index in [-0.39, 0.29) is 0 Å². The third-order valence-corrected chi connectivity index (χ3v) is 3.58. The first-order valence-corrected chi connectivity index (χ1v) is 6.43. The van der Waals surface area contributed by atoms with Crippen LogP contribution in [0.2, 0.25) is 0 Å². The molecule has 0 aliphatic heterocycles. The summed E-state index contributed by atoms with van der Waals surface area (Å²) >= 11 is 0. The fourth-order valence-corrected chi connectivity index (χ4v) is 2.70. The Hall–Kier alpha value is -0.120. The summed E-state index contributed by atoms with van der Waals surface area (Å²) in [7, 11) is 0. The fraction of sp³-hybridized carbons (Fsp3) is 1.00. The fourth-order valence-electron chi connectivity index (χ4n) is 2.70. The zero-order valence-electron chi connectivity index (χ0n) is 10.1. The molecule has 0 heterocycles. The van der Waals surface area contributed by atoms with Crippen LogP contribution in [0.25, 0.3) is 0 Å². The van der Waals surface area contributed by atoms with Gasteiger partial charge in [0.1, 0.15) is 0 Å². The van der Waals surface area contributed by atoms with Crippen LogP contribution in [0.15, 0.2) is 0 Å². The summed E-state index contributed by atoms with van der Waals surface area (Å²) in [6.45, 7) is 6.31. The van der Waals surface area contributed by atoms with E-state index in [9.17, 15) is 0 Å². The topological polar surface area (TPSA) is 55.3 Å². The summed E-state index contributed by atoms with van der Waals surface area (Å²) in [6, 6.07) is 0.795. The van der Waals surface area contributed by atoms with Gasteiger partial charge in [-0.2, -0.15) is 0 Å². The average Bonchev–Trinajstić information content (AvgIpc) is 2.65. The maximum Gasteiger partial charge on any atom is 0.0121 e. The first-order valence-electron chi connectivity index (χ1n) is 6.43. The van der Waals surface area contributed by atoms with Gasteiger partial charge in [-0.1, -0.05) is 13.3 Å². The molecule has 0 aromatic carbocycles. The average molecular weight is 213 g/mol. The lowest BCUT2D eigenvalue weighted by Crippen LogP contribution is -2.39. The van der Waals surface area contributed by atoms with Gasteiger partial charge in [-0.3, -0.25) is 0 Å². The highest BCUT2D eigenvalue weighted by atomic mass is 15.2. The third kappa shape index (κ3) is 4.09. The van der Waals surface area contributed by atoms with Crippen molar-refractivity contribution < 1.29 is 0 Å². The van der Waals surface area contributed by atoms with Gasteiger partial charge in [0.05, 0.1) is 0 Å². The maximum atomic E-state index is 5.59. The van der Waals surface area contributed by atoms with E-state index in [0.29, 0.717) is 0 Å². The molecule has 0 aromatic heterocycles. The minimum atomic E-state index is 0.795. The van der Waals surface area contributed by atoms with Crippen molar-refractivity contribution in [2.24, 2.45) is 17.4 Å². The van der Waals surface area contributed by atoms with Crippen molar-refractivity contribution in [1.82, 2.24) is 4.90 Å². The van der Waals surface area contributed by atoms with Gasteiger partial charge in [-0.05, 0) is 57.8 Å². The molecule has 0 bridgehead atoms. The quantitative estimate of drug-likeness (QED) is 0.667. The SMILES string of the molecule is CC1CCCC1N(CCCN)CCCN. The predicted octanol–water partition coefficient (Wildman–Crippen LogP) is 1.17. The Balaban J connectivity index is 2.38. The zero-order valence-corrected chi connectivity index (χ0v) is 10.1. The Morgan fingerprint density at radius 1 is 1.07 bits per heavy atom. The number of nitrogens with two attached hydrogens (primary N) is 2. The largest absolute Gasteiger partial charge is 0.330 e. The van der Waals surface area contributed by atoms with Crippen molar-refractivity contribution in [1.29, 1.82) is 0 Å². The predicted molar refractivity (Wildman–Crippen MR) is 65.7 cm³/mol. The van der Waals surface area contributed by atoms with Gasteiger partial charge in [0.15, 0.2) is 0 Å². The second-order valence-corrected chi connectivity index (χ2v) is 4.80. The second-order valence-electron chi connectivity index (χ2n) is 4.80. The van der Waals surface area contributed by atoms with Crippen LogP contribution in [-0.2, 0) is 0 Å². The van der Waals surface area contributed by atoms with Crippen molar-refractivity contribution in [3.8, 4) is 0 Å². The van der Waals surface area contributed by atoms with Crippen LogP contribution in [0.5, 0.6) is 0 Å². The molecule has 3 heteroatoms. The molecule has 3 nitrogen and oxygen atoms in total. The van der Waals surface area contributed by atoms with Gasteiger partial charge in [-0.25, -0.2) is 0 Å². The first-order chi connectivity index (χ1) is 7.29. The zero-order chi connectivity index (χ0) is 11.1. The Bertz CT molecular complexity index is 153. The van der Waals surface area contributed by atoms with Gasteiger partial charge in [0.2, 0.25) is 0 Å². The molecule has 1 fully saturated rings. The van der Waals surface area contributed by atoms with Gasteiger partial charge in [-0.15, -0.1) is 0 Å². The summed E-state index contributed by atoms with van der Waals surface area (Å²) in [4.78, 5) is 2.62. The summed E-state index contributed by atoms with van der Waals surface area (Å²) in [5.41, 5.74) is 11.2. The van der Waals surface area contributed by atoms with Crippen LogP contribution in [0.4, 0.5) is 0 Å². The molecule has 15 heavy (non-hydrogen) atoms. The molecule has 2 unspecified atom stereocenters. The van der Waals surface area contributed by atoms with Gasteiger partial charge < -0.3 is 16.4 Å². The lowest BCUT2D eigenvalue weighted by Gasteiger charge is -2.31. The Morgan fingerprint density at radius 3 is 2.07 bits per heavy atom. The van der Waals surface area contributed by atoms with E-state index >= 15 is 0 Å². The van der Waals surface area contributed by atoms with E-state index in [1.165, 1.54) is 19.3 Å². The summed E-state index contributed by atoms with van der Waals surface area (Å²) in [5.74, 6) is 0.862. The molecule has 90 valence electrons. The van der Waals surface area contributed by atoms with Crippen molar-refractivity contribution in [3.63, 3.8) is 0 Å². The van der Waals surface area contributed by atoms with Crippen molar-refractivity contribution in [3.05, 3.63) is 0 Å². The third-order valence-electron chi connectivity index (χ3n) is 3.58. The van der Waals surface area contributed by atoms with Crippen LogP contribution >= 0.6 is 0 Å². The normalized spacial score (nSPS) is 26.4. The molecule has 0 aromatic rings. The van der Waals surface area contributed by atoms with E-state index in [2.05, 4.69) is 11.8 Å². The van der Waals surface area contributed by atoms with Crippen LogP contribution in [0.3, 0.4) is 0 Å². The molecule has 0 amide bonds. The van der Waals surface area contributed by atoms with Crippen LogP contribution in [0.1, 0.15) is 39.0 Å². The molecule has 1 rings (SSSR count). The molecule has 4 N–H and O–H groups in total. The van der Waals surface area contributed by atoms with Crippen LogP contribution < -0.4 is 11.5 Å². The highest BCUT2D eigenvalue weighted by Crippen LogP contribution is 2.29. The molecule has 1 aliphatic rings. The highest BCUT2D eigenvalue weighted by Gasteiger charge is 2.27. The molecular formula is C12H27N3. The van der Waals surface area contributed by atoms with Gasteiger partial charge in [0, 0.05) is 6.04 Å².